The summed E-state index contributed by atoms with van der Waals surface area (Å²) in [5.74, 6) is 0. The lowest BCUT2D eigenvalue weighted by molar-refractivity contribution is 1.19. The highest BCUT2D eigenvalue weighted by molar-refractivity contribution is 7.25. The fraction of sp³-hybridized carbons (Fsp3) is 0.0400. The first kappa shape index (κ1) is 15.7. The average molecular weight is 376 g/mol. The zero-order valence-electron chi connectivity index (χ0n) is 15.3. The molecule has 0 atom stereocenters. The number of aromatic nitrogens is 2. The van der Waals surface area contributed by atoms with Gasteiger partial charge in [0.2, 0.25) is 0 Å². The lowest BCUT2D eigenvalue weighted by Gasteiger charge is -2.09. The van der Waals surface area contributed by atoms with Gasteiger partial charge in [0.05, 0.1) is 22.4 Å². The van der Waals surface area contributed by atoms with Crippen molar-refractivity contribution in [3.05, 3.63) is 84.6 Å². The summed E-state index contributed by atoms with van der Waals surface area (Å²) in [5, 5.41) is 4.97. The molecule has 2 heterocycles. The smallest absolute Gasteiger partial charge is 0.0972 e. The number of hydrogen-bond donors (Lipinski definition) is 0. The van der Waals surface area contributed by atoms with Crippen LogP contribution in [-0.2, 0) is 0 Å². The minimum Gasteiger partial charge on any atom is -0.249 e. The van der Waals surface area contributed by atoms with Crippen LogP contribution in [0.2, 0.25) is 0 Å². The van der Waals surface area contributed by atoms with Gasteiger partial charge in [-0.15, -0.1) is 11.3 Å². The lowest BCUT2D eigenvalue weighted by Crippen LogP contribution is -1.95. The van der Waals surface area contributed by atoms with Crippen molar-refractivity contribution in [2.45, 2.75) is 6.92 Å². The Morgan fingerprint density at radius 1 is 0.679 bits per heavy atom. The van der Waals surface area contributed by atoms with E-state index in [4.69, 9.17) is 9.97 Å². The third-order valence-electron chi connectivity index (χ3n) is 5.39. The molecule has 28 heavy (non-hydrogen) atoms. The monoisotopic (exact) mass is 376 g/mol. The SMILES string of the molecule is Cc1nc2ccc3ccccc3c2nc1-c1ccc2c(c1)sc1ccccc12. The maximum Gasteiger partial charge on any atom is 0.0972 e. The fourth-order valence-corrected chi connectivity index (χ4v) is 5.17. The molecule has 2 aromatic heterocycles. The van der Waals surface area contributed by atoms with Crippen molar-refractivity contribution < 1.29 is 0 Å². The minimum atomic E-state index is 0.947. The maximum atomic E-state index is 5.08. The molecule has 132 valence electrons. The highest BCUT2D eigenvalue weighted by Crippen LogP contribution is 2.36. The van der Waals surface area contributed by atoms with Gasteiger partial charge < -0.3 is 0 Å². The van der Waals surface area contributed by atoms with Crippen LogP contribution in [0, 0.1) is 6.92 Å². The highest BCUT2D eigenvalue weighted by atomic mass is 32.1. The molecule has 0 fully saturated rings. The molecule has 0 N–H and O–H groups in total. The molecule has 0 aliphatic carbocycles. The number of hydrogen-bond acceptors (Lipinski definition) is 3. The second kappa shape index (κ2) is 5.85. The summed E-state index contributed by atoms with van der Waals surface area (Å²) in [5.41, 5.74) is 4.96. The minimum absolute atomic E-state index is 0.947. The lowest BCUT2D eigenvalue weighted by atomic mass is 10.0. The summed E-state index contributed by atoms with van der Waals surface area (Å²) in [6.45, 7) is 2.05. The van der Waals surface area contributed by atoms with Crippen LogP contribution in [0.15, 0.2) is 78.9 Å². The van der Waals surface area contributed by atoms with E-state index >= 15 is 0 Å². The van der Waals surface area contributed by atoms with Crippen LogP contribution in [0.1, 0.15) is 5.69 Å². The van der Waals surface area contributed by atoms with Crippen LogP contribution < -0.4 is 0 Å². The average Bonchev–Trinajstić information content (AvgIpc) is 3.11. The molecule has 0 aliphatic rings. The van der Waals surface area contributed by atoms with Crippen molar-refractivity contribution >= 4 is 53.3 Å². The Kier molecular flexibility index (Phi) is 3.28. The first-order valence-corrected chi connectivity index (χ1v) is 10.2. The molecule has 0 unspecified atom stereocenters. The van der Waals surface area contributed by atoms with Gasteiger partial charge in [0.1, 0.15) is 0 Å². The van der Waals surface area contributed by atoms with E-state index in [0.29, 0.717) is 0 Å². The first-order valence-electron chi connectivity index (χ1n) is 9.36. The van der Waals surface area contributed by atoms with Crippen LogP contribution >= 0.6 is 11.3 Å². The number of fused-ring (bicyclic) bond motifs is 6. The number of nitrogens with zero attached hydrogens (tertiary/aromatic N) is 2. The number of rotatable bonds is 1. The van der Waals surface area contributed by atoms with Gasteiger partial charge in [0.15, 0.2) is 0 Å². The molecule has 6 aromatic rings. The summed E-state index contributed by atoms with van der Waals surface area (Å²) >= 11 is 1.83. The second-order valence-corrected chi connectivity index (χ2v) is 8.20. The van der Waals surface area contributed by atoms with Gasteiger partial charge >= 0.3 is 0 Å². The van der Waals surface area contributed by atoms with Gasteiger partial charge in [-0.05, 0) is 30.5 Å². The Morgan fingerprint density at radius 2 is 1.46 bits per heavy atom. The standard InChI is InChI=1S/C25H16N2S/c1-15-24(27-25-18-7-3-2-6-16(18)11-13-21(25)26-15)17-10-12-20-19-8-4-5-9-22(19)28-23(20)14-17/h2-14H,1H3. The van der Waals surface area contributed by atoms with E-state index in [-0.39, 0.29) is 0 Å². The molecular weight excluding hydrogens is 360 g/mol. The summed E-state index contributed by atoms with van der Waals surface area (Å²) in [7, 11) is 0. The maximum absolute atomic E-state index is 5.08. The molecule has 0 amide bonds. The van der Waals surface area contributed by atoms with Gasteiger partial charge in [-0.2, -0.15) is 0 Å². The number of benzene rings is 4. The quantitative estimate of drug-likeness (QED) is 0.285. The van der Waals surface area contributed by atoms with Crippen molar-refractivity contribution in [1.29, 1.82) is 0 Å². The third kappa shape index (κ3) is 2.26. The van der Waals surface area contributed by atoms with Crippen LogP contribution in [0.4, 0.5) is 0 Å². The van der Waals surface area contributed by atoms with Gasteiger partial charge in [0.25, 0.3) is 0 Å². The highest BCUT2D eigenvalue weighted by Gasteiger charge is 2.12. The van der Waals surface area contributed by atoms with Crippen LogP contribution in [0.5, 0.6) is 0 Å². The molecule has 0 aliphatic heterocycles. The zero-order chi connectivity index (χ0) is 18.7. The summed E-state index contributed by atoms with van der Waals surface area (Å²) < 4.78 is 2.61. The molecule has 4 aromatic carbocycles. The van der Waals surface area contributed by atoms with Gasteiger partial charge in [-0.1, -0.05) is 60.7 Å². The number of thiophene rings is 1. The largest absolute Gasteiger partial charge is 0.249 e. The fourth-order valence-electron chi connectivity index (χ4n) is 4.02. The van der Waals surface area contributed by atoms with E-state index in [2.05, 4.69) is 78.9 Å². The molecule has 0 spiro atoms. The van der Waals surface area contributed by atoms with Crippen molar-refractivity contribution in [3.63, 3.8) is 0 Å². The van der Waals surface area contributed by atoms with E-state index in [0.717, 1.165) is 33.4 Å². The second-order valence-electron chi connectivity index (χ2n) is 7.12. The molecule has 3 heteroatoms. The Bertz CT molecular complexity index is 1530. The summed E-state index contributed by atoms with van der Waals surface area (Å²) in [6.07, 6.45) is 0. The normalized spacial score (nSPS) is 11.8. The van der Waals surface area contributed by atoms with Gasteiger partial charge in [-0.3, -0.25) is 0 Å². The molecule has 0 radical (unpaired) electrons. The third-order valence-corrected chi connectivity index (χ3v) is 6.52. The van der Waals surface area contributed by atoms with Crippen molar-refractivity contribution in [1.82, 2.24) is 9.97 Å². The first-order chi connectivity index (χ1) is 13.8. The predicted molar refractivity (Wildman–Crippen MR) is 120 cm³/mol. The molecule has 2 nitrogen and oxygen atoms in total. The Morgan fingerprint density at radius 3 is 2.39 bits per heavy atom. The Hall–Kier alpha value is -3.30. The Balaban J connectivity index is 1.63. The van der Waals surface area contributed by atoms with Crippen molar-refractivity contribution in [2.24, 2.45) is 0 Å². The molecule has 6 rings (SSSR count). The van der Waals surface area contributed by atoms with Gasteiger partial charge in [-0.25, -0.2) is 9.97 Å². The Labute approximate surface area is 166 Å². The van der Waals surface area contributed by atoms with Crippen LogP contribution in [0.25, 0.3) is 53.2 Å². The van der Waals surface area contributed by atoms with Crippen LogP contribution in [0.3, 0.4) is 0 Å². The van der Waals surface area contributed by atoms with Crippen LogP contribution in [-0.4, -0.2) is 9.97 Å². The zero-order valence-corrected chi connectivity index (χ0v) is 16.1. The van der Waals surface area contributed by atoms with Crippen molar-refractivity contribution in [3.8, 4) is 11.3 Å². The van der Waals surface area contributed by atoms with E-state index in [1.807, 2.05) is 18.3 Å². The van der Waals surface area contributed by atoms with E-state index in [1.54, 1.807) is 0 Å². The molecule has 0 saturated heterocycles. The van der Waals surface area contributed by atoms with E-state index in [9.17, 15) is 0 Å². The predicted octanol–water partition coefficient (Wildman–Crippen LogP) is 7.13. The number of aryl methyl sites for hydroxylation is 1. The van der Waals surface area contributed by atoms with E-state index < -0.39 is 0 Å². The van der Waals surface area contributed by atoms with E-state index in [1.165, 1.54) is 25.6 Å². The summed E-state index contributed by atoms with van der Waals surface area (Å²) in [4.78, 5) is 9.94. The van der Waals surface area contributed by atoms with Gasteiger partial charge in [0, 0.05) is 31.1 Å². The molecule has 0 saturated carbocycles. The molecule has 0 bridgehead atoms. The van der Waals surface area contributed by atoms with Crippen molar-refractivity contribution in [2.75, 3.05) is 0 Å². The summed E-state index contributed by atoms with van der Waals surface area (Å²) in [6, 6.07) is 27.8. The molecular formula is C25H16N2S. The topological polar surface area (TPSA) is 25.8 Å².